The van der Waals surface area contributed by atoms with Gasteiger partial charge in [0.2, 0.25) is 0 Å². The van der Waals surface area contributed by atoms with Crippen molar-refractivity contribution in [3.8, 4) is 6.07 Å². The number of nitrogens with zero attached hydrogens (tertiary/aromatic N) is 2. The number of urea groups is 1. The molecule has 0 radical (unpaired) electrons. The molecular formula is C18H22ClN3O3S. The van der Waals surface area contributed by atoms with E-state index in [0.29, 0.717) is 23.6 Å². The quantitative estimate of drug-likeness (QED) is 0.844. The Morgan fingerprint density at radius 3 is 2.73 bits per heavy atom. The topological polar surface area (TPSA) is 104 Å². The number of allylic oxidation sites excluding steroid dienone is 1. The van der Waals surface area contributed by atoms with Crippen LogP contribution in [0.1, 0.15) is 36.9 Å². The Labute approximate surface area is 159 Å². The van der Waals surface area contributed by atoms with Crippen LogP contribution in [0.2, 0.25) is 5.02 Å². The van der Waals surface area contributed by atoms with Gasteiger partial charge in [0.1, 0.15) is 6.07 Å². The maximum absolute atomic E-state index is 12.0. The average Bonchev–Trinajstić information content (AvgIpc) is 2.54. The van der Waals surface area contributed by atoms with Crippen molar-refractivity contribution in [1.29, 1.82) is 5.26 Å². The number of benzene rings is 1. The van der Waals surface area contributed by atoms with Crippen LogP contribution in [0.5, 0.6) is 0 Å². The number of amides is 2. The number of nitriles is 1. The van der Waals surface area contributed by atoms with E-state index in [4.69, 9.17) is 22.6 Å². The summed E-state index contributed by atoms with van der Waals surface area (Å²) in [5.74, 6) is 0.243. The third kappa shape index (κ3) is 4.77. The van der Waals surface area contributed by atoms with E-state index < -0.39 is 15.9 Å². The minimum Gasteiger partial charge on any atom is -0.351 e. The minimum atomic E-state index is -3.21. The summed E-state index contributed by atoms with van der Waals surface area (Å²) in [6.07, 6.45) is 4.03. The van der Waals surface area contributed by atoms with Crippen LogP contribution in [-0.2, 0) is 9.84 Å². The molecule has 8 heteroatoms. The first kappa shape index (κ1) is 20.3. The number of halogens is 1. The summed E-state index contributed by atoms with van der Waals surface area (Å²) in [4.78, 5) is 13.6. The van der Waals surface area contributed by atoms with Gasteiger partial charge in [0.05, 0.1) is 16.6 Å². The molecule has 0 aromatic heterocycles. The van der Waals surface area contributed by atoms with Crippen LogP contribution in [0, 0.1) is 23.2 Å². The van der Waals surface area contributed by atoms with Crippen LogP contribution in [0.4, 0.5) is 4.79 Å². The van der Waals surface area contributed by atoms with E-state index in [9.17, 15) is 13.2 Å². The number of piperidine rings is 1. The summed E-state index contributed by atoms with van der Waals surface area (Å²) in [7, 11) is -3.21. The highest BCUT2D eigenvalue weighted by molar-refractivity contribution is 7.93. The molecule has 0 spiro atoms. The largest absolute Gasteiger partial charge is 0.351 e. The normalized spacial score (nSPS) is 23.8. The summed E-state index contributed by atoms with van der Waals surface area (Å²) < 4.78 is 22.7. The number of carbonyl (C=O) groups is 1. The summed E-state index contributed by atoms with van der Waals surface area (Å²) in [6, 6.07) is 6.24. The molecule has 3 unspecified atom stereocenters. The Kier molecular flexibility index (Phi) is 6.32. The van der Waals surface area contributed by atoms with E-state index >= 15 is 0 Å². The molecule has 0 bridgehead atoms. The molecule has 2 N–H and O–H groups in total. The highest BCUT2D eigenvalue weighted by atomic mass is 35.5. The van der Waals surface area contributed by atoms with Crippen LogP contribution in [0.25, 0.3) is 0 Å². The molecule has 1 aromatic carbocycles. The van der Waals surface area contributed by atoms with Gasteiger partial charge in [-0.3, -0.25) is 0 Å². The Morgan fingerprint density at radius 1 is 1.50 bits per heavy atom. The lowest BCUT2D eigenvalue weighted by Gasteiger charge is -2.44. The summed E-state index contributed by atoms with van der Waals surface area (Å²) in [5.41, 5.74) is 6.73. The molecule has 1 aromatic rings. The van der Waals surface area contributed by atoms with Gasteiger partial charge in [-0.15, -0.1) is 0 Å². The van der Waals surface area contributed by atoms with E-state index in [2.05, 4.69) is 6.92 Å². The molecule has 1 fully saturated rings. The number of hydrogen-bond acceptors (Lipinski definition) is 4. The third-order valence-corrected chi connectivity index (χ3v) is 5.79. The van der Waals surface area contributed by atoms with Crippen LogP contribution in [-0.4, -0.2) is 32.1 Å². The fraction of sp³-hybridized carbons (Fsp3) is 0.444. The zero-order valence-corrected chi connectivity index (χ0v) is 16.3. The lowest BCUT2D eigenvalue weighted by Crippen LogP contribution is -2.47. The van der Waals surface area contributed by atoms with Gasteiger partial charge >= 0.3 is 6.03 Å². The van der Waals surface area contributed by atoms with E-state index in [1.54, 1.807) is 29.2 Å². The number of hydrogen-bond donors (Lipinski definition) is 1. The lowest BCUT2D eigenvalue weighted by atomic mass is 9.76. The molecule has 0 saturated carbocycles. The predicted octanol–water partition coefficient (Wildman–Crippen LogP) is 3.24. The molecule has 2 rings (SSSR count). The standard InChI is InChI=1S/C18H22ClN3O3S/c1-12-7-8-22(18(21)23)17(15(12)4-3-9-26(2,24)25)13-5-6-14(11-20)16(19)10-13/h3,5-6,9-10,12,15,17H,4,7-8H2,1-2H3,(H2,21,23)/b9-3+. The first-order valence-electron chi connectivity index (χ1n) is 8.26. The van der Waals surface area contributed by atoms with Gasteiger partial charge in [-0.1, -0.05) is 30.7 Å². The molecule has 26 heavy (non-hydrogen) atoms. The second kappa shape index (κ2) is 8.11. The first-order valence-corrected chi connectivity index (χ1v) is 10.6. The predicted molar refractivity (Wildman–Crippen MR) is 101 cm³/mol. The van der Waals surface area contributed by atoms with Crippen molar-refractivity contribution in [3.05, 3.63) is 45.8 Å². The molecule has 1 aliphatic heterocycles. The SMILES string of the molecule is CC1CCN(C(N)=O)C(c2ccc(C#N)c(Cl)c2)C1C/C=C/S(C)(=O)=O. The summed E-state index contributed by atoms with van der Waals surface area (Å²) in [6.45, 7) is 2.60. The van der Waals surface area contributed by atoms with Gasteiger partial charge in [0.15, 0.2) is 9.84 Å². The van der Waals surface area contributed by atoms with Crippen molar-refractivity contribution in [3.63, 3.8) is 0 Å². The number of primary amides is 1. The maximum Gasteiger partial charge on any atom is 0.315 e. The van der Waals surface area contributed by atoms with Gasteiger partial charge in [0, 0.05) is 18.2 Å². The van der Waals surface area contributed by atoms with Gasteiger partial charge in [0.25, 0.3) is 0 Å². The van der Waals surface area contributed by atoms with Gasteiger partial charge in [-0.05, 0) is 42.4 Å². The fourth-order valence-corrected chi connectivity index (χ4v) is 4.16. The number of likely N-dealkylation sites (tertiary alicyclic amines) is 1. The van der Waals surface area contributed by atoms with Crippen LogP contribution in [0.15, 0.2) is 29.7 Å². The highest BCUT2D eigenvalue weighted by Crippen LogP contribution is 2.42. The second-order valence-electron chi connectivity index (χ2n) is 6.69. The van der Waals surface area contributed by atoms with Crippen molar-refractivity contribution in [2.45, 2.75) is 25.8 Å². The number of rotatable bonds is 4. The lowest BCUT2D eigenvalue weighted by molar-refractivity contribution is 0.0835. The van der Waals surface area contributed by atoms with E-state index in [0.717, 1.165) is 18.2 Å². The van der Waals surface area contributed by atoms with Crippen LogP contribution < -0.4 is 5.73 Å². The Morgan fingerprint density at radius 2 is 2.19 bits per heavy atom. The fourth-order valence-electron chi connectivity index (χ4n) is 3.47. The molecular weight excluding hydrogens is 374 g/mol. The molecule has 1 saturated heterocycles. The van der Waals surface area contributed by atoms with Crippen molar-refractivity contribution < 1.29 is 13.2 Å². The second-order valence-corrected chi connectivity index (χ2v) is 9.03. The zero-order chi connectivity index (χ0) is 19.5. The summed E-state index contributed by atoms with van der Waals surface area (Å²) >= 11 is 6.17. The highest BCUT2D eigenvalue weighted by Gasteiger charge is 2.38. The monoisotopic (exact) mass is 395 g/mol. The van der Waals surface area contributed by atoms with Crippen molar-refractivity contribution in [2.75, 3.05) is 12.8 Å². The average molecular weight is 396 g/mol. The van der Waals surface area contributed by atoms with Gasteiger partial charge < -0.3 is 10.6 Å². The smallest absolute Gasteiger partial charge is 0.315 e. The van der Waals surface area contributed by atoms with Crippen LogP contribution >= 0.6 is 11.6 Å². The molecule has 3 atom stereocenters. The van der Waals surface area contributed by atoms with Crippen LogP contribution in [0.3, 0.4) is 0 Å². The molecule has 2 amide bonds. The molecule has 1 aliphatic rings. The number of nitrogens with two attached hydrogens (primary N) is 1. The zero-order valence-electron chi connectivity index (χ0n) is 14.7. The molecule has 1 heterocycles. The number of sulfone groups is 1. The van der Waals surface area contributed by atoms with E-state index in [1.165, 1.54) is 5.41 Å². The molecule has 0 aliphatic carbocycles. The van der Waals surface area contributed by atoms with Crippen molar-refractivity contribution in [1.82, 2.24) is 4.90 Å². The third-order valence-electron chi connectivity index (χ3n) is 4.79. The molecule has 140 valence electrons. The number of carbonyl (C=O) groups excluding carboxylic acids is 1. The summed E-state index contributed by atoms with van der Waals surface area (Å²) in [5, 5.41) is 10.6. The van der Waals surface area contributed by atoms with E-state index in [-0.39, 0.29) is 17.9 Å². The van der Waals surface area contributed by atoms with Crippen molar-refractivity contribution >= 4 is 27.5 Å². The van der Waals surface area contributed by atoms with Gasteiger partial charge in [-0.2, -0.15) is 5.26 Å². The van der Waals surface area contributed by atoms with Gasteiger partial charge in [-0.25, -0.2) is 13.2 Å². The Balaban J connectivity index is 2.44. The molecule has 6 nitrogen and oxygen atoms in total. The Hall–Kier alpha value is -2.04. The maximum atomic E-state index is 12.0. The first-order chi connectivity index (χ1) is 12.1. The minimum absolute atomic E-state index is 0.0155. The Bertz CT molecular complexity index is 861. The van der Waals surface area contributed by atoms with E-state index in [1.807, 2.05) is 6.07 Å². The van der Waals surface area contributed by atoms with Crippen molar-refractivity contribution in [2.24, 2.45) is 17.6 Å².